The van der Waals surface area contributed by atoms with Crippen molar-refractivity contribution in [3.05, 3.63) is 89.2 Å². The Morgan fingerprint density at radius 2 is 1.73 bits per heavy atom. The van der Waals surface area contributed by atoms with Gasteiger partial charge in [-0.05, 0) is 60.2 Å². The van der Waals surface area contributed by atoms with Gasteiger partial charge in [0.05, 0.1) is 53.7 Å². The Labute approximate surface area is 255 Å². The summed E-state index contributed by atoms with van der Waals surface area (Å²) >= 11 is 0. The van der Waals surface area contributed by atoms with Crippen LogP contribution in [0.3, 0.4) is 0 Å². The van der Waals surface area contributed by atoms with Crippen LogP contribution in [0.2, 0.25) is 0 Å². The third-order valence-corrected chi connectivity index (χ3v) is 9.05. The van der Waals surface area contributed by atoms with Crippen molar-refractivity contribution < 1.29 is 54.1 Å². The molecule has 8 nitrogen and oxygen atoms in total. The smallest absolute Gasteiger partial charge is 0.416 e. The number of hydrogen-bond acceptors (Lipinski definition) is 7. The van der Waals surface area contributed by atoms with Crippen molar-refractivity contribution in [3.8, 4) is 5.75 Å². The summed E-state index contributed by atoms with van der Waals surface area (Å²) in [5.41, 5.74) is -0.615. The molecule has 0 radical (unpaired) electrons. The number of benzene rings is 3. The lowest BCUT2D eigenvalue weighted by atomic mass is 10.1. The van der Waals surface area contributed by atoms with E-state index in [-0.39, 0.29) is 40.6 Å². The first kappa shape index (κ1) is 34.1. The maximum absolute atomic E-state index is 15.4. The fraction of sp³-hybridized carbons (Fsp3) is 0.367. The first-order valence-corrected chi connectivity index (χ1v) is 15.4. The number of carbonyl (C=O) groups excluding carboxylic acids is 1. The molecule has 0 bridgehead atoms. The molecular formula is C30H30F6N2O6S. The van der Waals surface area contributed by atoms with Crippen LogP contribution in [0.5, 0.6) is 5.75 Å². The van der Waals surface area contributed by atoms with Gasteiger partial charge in [0.15, 0.2) is 9.84 Å². The SMILES string of the molecule is CCS(=O)(=O)c1ccc([C@H](CO)NC(=O)c2ccc(N3C[C@@H](Oc4ccc(C(F)(F)F)cc4)C[C@H]3COC(F)F)c(F)c2)cc1. The van der Waals surface area contributed by atoms with Gasteiger partial charge in [0.25, 0.3) is 5.91 Å². The maximum Gasteiger partial charge on any atom is 0.416 e. The molecule has 0 aromatic heterocycles. The molecule has 0 spiro atoms. The molecule has 3 atom stereocenters. The molecule has 1 heterocycles. The number of rotatable bonds is 12. The summed E-state index contributed by atoms with van der Waals surface area (Å²) in [4.78, 5) is 14.4. The van der Waals surface area contributed by atoms with Crippen LogP contribution in [0.15, 0.2) is 71.6 Å². The third kappa shape index (κ3) is 8.47. The molecule has 1 aliphatic heterocycles. The van der Waals surface area contributed by atoms with Gasteiger partial charge in [0, 0.05) is 12.0 Å². The lowest BCUT2D eigenvalue weighted by molar-refractivity contribution is -0.137. The molecule has 0 unspecified atom stereocenters. The Kier molecular flexibility index (Phi) is 10.7. The number of hydrogen-bond donors (Lipinski definition) is 2. The molecule has 2 N–H and O–H groups in total. The maximum atomic E-state index is 15.4. The van der Waals surface area contributed by atoms with Gasteiger partial charge in [-0.2, -0.15) is 22.0 Å². The van der Waals surface area contributed by atoms with Crippen LogP contribution in [0, 0.1) is 5.82 Å². The molecule has 15 heteroatoms. The summed E-state index contributed by atoms with van der Waals surface area (Å²) in [5, 5.41) is 12.4. The summed E-state index contributed by atoms with van der Waals surface area (Å²) in [6, 6.07) is 11.4. The molecule has 1 amide bonds. The molecule has 0 saturated carbocycles. The Morgan fingerprint density at radius 3 is 2.29 bits per heavy atom. The molecule has 45 heavy (non-hydrogen) atoms. The monoisotopic (exact) mass is 660 g/mol. The fourth-order valence-corrected chi connectivity index (χ4v) is 5.83. The van der Waals surface area contributed by atoms with Gasteiger partial charge < -0.3 is 24.8 Å². The van der Waals surface area contributed by atoms with E-state index in [1.807, 2.05) is 0 Å². The summed E-state index contributed by atoms with van der Waals surface area (Å²) in [7, 11) is -3.45. The largest absolute Gasteiger partial charge is 0.489 e. The number of amides is 1. The Morgan fingerprint density at radius 1 is 1.07 bits per heavy atom. The topological polar surface area (TPSA) is 105 Å². The van der Waals surface area contributed by atoms with Crippen molar-refractivity contribution in [3.63, 3.8) is 0 Å². The predicted molar refractivity (Wildman–Crippen MR) is 151 cm³/mol. The van der Waals surface area contributed by atoms with Crippen molar-refractivity contribution in [1.82, 2.24) is 5.32 Å². The summed E-state index contributed by atoms with van der Waals surface area (Å²) in [5.74, 6) is -1.60. The van der Waals surface area contributed by atoms with Gasteiger partial charge in [-0.25, -0.2) is 12.8 Å². The summed E-state index contributed by atoms with van der Waals surface area (Å²) in [6.45, 7) is -2.64. The molecule has 1 saturated heterocycles. The highest BCUT2D eigenvalue weighted by molar-refractivity contribution is 7.91. The van der Waals surface area contributed by atoms with Crippen LogP contribution in [-0.4, -0.2) is 63.7 Å². The van der Waals surface area contributed by atoms with Gasteiger partial charge in [-0.1, -0.05) is 19.1 Å². The number of nitrogens with one attached hydrogen (secondary N) is 1. The van der Waals surface area contributed by atoms with Gasteiger partial charge >= 0.3 is 12.8 Å². The Hall–Kier alpha value is -3.82. The summed E-state index contributed by atoms with van der Waals surface area (Å²) < 4.78 is 114. The van der Waals surface area contributed by atoms with Gasteiger partial charge in [-0.15, -0.1) is 0 Å². The van der Waals surface area contributed by atoms with E-state index < -0.39 is 71.3 Å². The van der Waals surface area contributed by atoms with Crippen LogP contribution in [0.1, 0.15) is 40.9 Å². The molecular weight excluding hydrogens is 630 g/mol. The van der Waals surface area contributed by atoms with Gasteiger partial charge in [0.1, 0.15) is 17.7 Å². The molecule has 0 aliphatic carbocycles. The molecule has 4 rings (SSSR count). The van der Waals surface area contributed by atoms with Crippen LogP contribution in [0.25, 0.3) is 0 Å². The number of anilines is 1. The zero-order valence-electron chi connectivity index (χ0n) is 23.8. The van der Waals surface area contributed by atoms with E-state index >= 15 is 4.39 Å². The molecule has 3 aromatic rings. The number of aliphatic hydroxyl groups excluding tert-OH is 1. The third-order valence-electron chi connectivity index (χ3n) is 7.30. The van der Waals surface area contributed by atoms with Gasteiger partial charge in [-0.3, -0.25) is 4.79 Å². The van der Waals surface area contributed by atoms with E-state index in [0.717, 1.165) is 30.3 Å². The van der Waals surface area contributed by atoms with Crippen LogP contribution in [0.4, 0.5) is 32.0 Å². The molecule has 244 valence electrons. The second kappa shape index (κ2) is 14.1. The van der Waals surface area contributed by atoms with Crippen LogP contribution < -0.4 is 15.0 Å². The van der Waals surface area contributed by atoms with Crippen molar-refractivity contribution in [2.75, 3.05) is 30.4 Å². The number of alkyl halides is 5. The van der Waals surface area contributed by atoms with Crippen LogP contribution in [-0.2, 0) is 20.8 Å². The van der Waals surface area contributed by atoms with E-state index in [2.05, 4.69) is 10.1 Å². The Balaban J connectivity index is 1.48. The number of halogens is 6. The van der Waals surface area contributed by atoms with Crippen molar-refractivity contribution in [2.45, 2.75) is 49.2 Å². The molecule has 1 fully saturated rings. The standard InChI is InChI=1S/C30H30F6N2O6S/c1-2-45(41,42)24-10-3-18(4-11-24)26(16-39)37-28(40)19-5-12-27(25(31)13-19)38-15-23(14-21(38)17-43-29(32)33)44-22-8-6-20(7-9-22)30(34,35)36/h3-13,21,23,26,29,39H,2,14-17H2,1H3,(H,37,40)/t21-,23-,26-/m0/s1. The number of sulfone groups is 1. The number of ether oxygens (including phenoxy) is 2. The average molecular weight is 661 g/mol. The minimum absolute atomic E-state index is 0.0168. The van der Waals surface area contributed by atoms with E-state index in [1.54, 1.807) is 0 Å². The number of carbonyl (C=O) groups is 1. The van der Waals surface area contributed by atoms with Crippen molar-refractivity contribution in [2.24, 2.45) is 0 Å². The highest BCUT2D eigenvalue weighted by atomic mass is 32.2. The van der Waals surface area contributed by atoms with E-state index in [4.69, 9.17) is 4.74 Å². The second-order valence-corrected chi connectivity index (χ2v) is 12.5. The number of nitrogens with zero attached hydrogens (tertiary/aromatic N) is 1. The highest BCUT2D eigenvalue weighted by Crippen LogP contribution is 2.33. The zero-order valence-corrected chi connectivity index (χ0v) is 24.6. The van der Waals surface area contributed by atoms with Crippen molar-refractivity contribution in [1.29, 1.82) is 0 Å². The lowest BCUT2D eigenvalue weighted by Crippen LogP contribution is -2.35. The fourth-order valence-electron chi connectivity index (χ4n) is 4.94. The average Bonchev–Trinajstić information content (AvgIpc) is 3.40. The first-order chi connectivity index (χ1) is 21.2. The minimum Gasteiger partial charge on any atom is -0.489 e. The van der Waals surface area contributed by atoms with Crippen molar-refractivity contribution >= 4 is 21.4 Å². The minimum atomic E-state index is -4.54. The molecule has 1 aliphatic rings. The normalized spacial score (nSPS) is 17.8. The second-order valence-electron chi connectivity index (χ2n) is 10.2. The van der Waals surface area contributed by atoms with Gasteiger partial charge in [0.2, 0.25) is 0 Å². The highest BCUT2D eigenvalue weighted by Gasteiger charge is 2.36. The van der Waals surface area contributed by atoms with E-state index in [1.165, 1.54) is 48.2 Å². The lowest BCUT2D eigenvalue weighted by Gasteiger charge is -2.27. The Bertz CT molecular complexity index is 1570. The molecule has 3 aromatic carbocycles. The first-order valence-electron chi connectivity index (χ1n) is 13.8. The zero-order chi connectivity index (χ0) is 32.9. The van der Waals surface area contributed by atoms with E-state index in [9.17, 15) is 40.3 Å². The quantitative estimate of drug-likeness (QED) is 0.252. The van der Waals surface area contributed by atoms with E-state index in [0.29, 0.717) is 5.56 Å². The van der Waals surface area contributed by atoms with Crippen LogP contribution >= 0.6 is 0 Å². The summed E-state index contributed by atoms with van der Waals surface area (Å²) in [6.07, 6.45) is -5.16. The predicted octanol–water partition coefficient (Wildman–Crippen LogP) is 5.37. The number of aliphatic hydroxyl groups is 1.